The van der Waals surface area contributed by atoms with Crippen molar-refractivity contribution in [1.29, 1.82) is 0 Å². The van der Waals surface area contributed by atoms with Crippen molar-refractivity contribution in [2.24, 2.45) is 23.2 Å². The van der Waals surface area contributed by atoms with Gasteiger partial charge in [0.25, 0.3) is 0 Å². The van der Waals surface area contributed by atoms with Crippen LogP contribution >= 0.6 is 0 Å². The summed E-state index contributed by atoms with van der Waals surface area (Å²) in [5.74, 6) is 3.12. The molecule has 1 heterocycles. The highest BCUT2D eigenvalue weighted by Crippen LogP contribution is 2.45. The Bertz CT molecular complexity index is 1500. The molecule has 2 aliphatic rings. The average Bonchev–Trinajstić information content (AvgIpc) is 3.05. The van der Waals surface area contributed by atoms with Crippen LogP contribution in [-0.2, 0) is 11.2 Å². The number of carboxylic acid groups (broad SMARTS) is 1. The summed E-state index contributed by atoms with van der Waals surface area (Å²) in [6, 6.07) is 0. The molecule has 1 aliphatic heterocycles. The second-order valence-electron chi connectivity index (χ2n) is 18.2. The highest BCUT2D eigenvalue weighted by Gasteiger charge is 2.34. The van der Waals surface area contributed by atoms with Crippen molar-refractivity contribution in [1.82, 2.24) is 0 Å². The molecule has 0 spiro atoms. The molecule has 1 aliphatic carbocycles. The van der Waals surface area contributed by atoms with E-state index in [1.807, 2.05) is 26.0 Å². The lowest BCUT2D eigenvalue weighted by atomic mass is 9.72. The van der Waals surface area contributed by atoms with Crippen LogP contribution in [0, 0.1) is 43.9 Å². The number of ether oxygens (including phenoxy) is 1. The molecule has 2 N–H and O–H groups in total. The van der Waals surface area contributed by atoms with Gasteiger partial charge in [0.1, 0.15) is 17.1 Å². The second-order valence-corrected chi connectivity index (χ2v) is 18.2. The quantitative estimate of drug-likeness (QED) is 0.124. The minimum absolute atomic E-state index is 0.0712. The molecule has 0 saturated heterocycles. The molecule has 3 rings (SSSR count). The van der Waals surface area contributed by atoms with Gasteiger partial charge in [-0.25, -0.2) is 4.79 Å². The van der Waals surface area contributed by atoms with Crippen LogP contribution in [0.25, 0.3) is 0 Å². The zero-order valence-electron chi connectivity index (χ0n) is 36.3. The normalized spacial score (nSPS) is 20.3. The van der Waals surface area contributed by atoms with Crippen LogP contribution in [0.4, 0.5) is 0 Å². The highest BCUT2D eigenvalue weighted by atomic mass is 16.5. The van der Waals surface area contributed by atoms with Crippen molar-refractivity contribution < 1.29 is 19.7 Å². The summed E-state index contributed by atoms with van der Waals surface area (Å²) in [4.78, 5) is 10.5. The third-order valence-electron chi connectivity index (χ3n) is 12.0. The smallest absolute Gasteiger partial charge is 0.328 e. The number of allylic oxidation sites excluding steroid dienone is 9. The monoisotopic (exact) mass is 731 g/mol. The Kier molecular flexibility index (Phi) is 19.0. The third kappa shape index (κ3) is 15.7. The lowest BCUT2D eigenvalue weighted by molar-refractivity contribution is -0.131. The SMILES string of the molecule is CC1=C(/C=C/C(C)=C/C=C/C(C)=C/C(=O)O)C(C)(C)CCC1.Cc1c(C)c2c(c(C)c1O)CC[C@@](C)(CCC[C@H](C)CCC[C@H](C)CCCC(C)C)O2. The molecule has 1 aromatic rings. The van der Waals surface area contributed by atoms with E-state index in [1.165, 1.54) is 93.4 Å². The molecule has 1 aromatic carbocycles. The number of aliphatic carboxylic acids is 1. The predicted molar refractivity (Wildman–Crippen MR) is 228 cm³/mol. The van der Waals surface area contributed by atoms with Gasteiger partial charge in [-0.1, -0.05) is 128 Å². The van der Waals surface area contributed by atoms with Gasteiger partial charge in [0, 0.05) is 11.6 Å². The Balaban J connectivity index is 0.000000390. The maximum atomic E-state index is 10.5. The van der Waals surface area contributed by atoms with E-state index in [-0.39, 0.29) is 11.0 Å². The first kappa shape index (κ1) is 46.1. The Morgan fingerprint density at radius 2 is 1.40 bits per heavy atom. The molecular weight excluding hydrogens is 653 g/mol. The molecule has 53 heavy (non-hydrogen) atoms. The van der Waals surface area contributed by atoms with Crippen LogP contribution in [0.3, 0.4) is 0 Å². The maximum absolute atomic E-state index is 10.5. The number of fused-ring (bicyclic) bond motifs is 1. The number of phenols is 1. The van der Waals surface area contributed by atoms with Crippen molar-refractivity contribution in [2.45, 2.75) is 186 Å². The molecular formula is C49H78O4. The van der Waals surface area contributed by atoms with Crippen LogP contribution in [0.15, 0.2) is 58.7 Å². The number of hydrogen-bond donors (Lipinski definition) is 2. The first-order valence-electron chi connectivity index (χ1n) is 20.9. The van der Waals surface area contributed by atoms with Crippen molar-refractivity contribution in [2.75, 3.05) is 0 Å². The number of aromatic hydroxyl groups is 1. The predicted octanol–water partition coefficient (Wildman–Crippen LogP) is 14.4. The van der Waals surface area contributed by atoms with Gasteiger partial charge in [0.05, 0.1) is 0 Å². The summed E-state index contributed by atoms with van der Waals surface area (Å²) < 4.78 is 6.60. The van der Waals surface area contributed by atoms with Gasteiger partial charge in [-0.3, -0.25) is 0 Å². The minimum Gasteiger partial charge on any atom is -0.507 e. The van der Waals surface area contributed by atoms with Crippen molar-refractivity contribution in [3.05, 3.63) is 81.0 Å². The number of rotatable bonds is 17. The average molecular weight is 731 g/mol. The fraction of sp³-hybridized carbons (Fsp3) is 0.653. The third-order valence-corrected chi connectivity index (χ3v) is 12.0. The first-order chi connectivity index (χ1) is 24.8. The Morgan fingerprint density at radius 3 is 1.98 bits per heavy atom. The molecule has 0 bridgehead atoms. The van der Waals surface area contributed by atoms with Crippen molar-refractivity contribution in [3.63, 3.8) is 0 Å². The zero-order chi connectivity index (χ0) is 39.9. The van der Waals surface area contributed by atoms with Crippen LogP contribution in [0.5, 0.6) is 11.5 Å². The van der Waals surface area contributed by atoms with Crippen LogP contribution < -0.4 is 4.74 Å². The van der Waals surface area contributed by atoms with Crippen LogP contribution in [0.1, 0.15) is 175 Å². The summed E-state index contributed by atoms with van der Waals surface area (Å²) in [5, 5.41) is 19.0. The minimum atomic E-state index is -0.912. The highest BCUT2D eigenvalue weighted by molar-refractivity contribution is 5.81. The fourth-order valence-corrected chi connectivity index (χ4v) is 8.15. The lowest BCUT2D eigenvalue weighted by Gasteiger charge is -2.38. The molecule has 0 unspecified atom stereocenters. The molecule has 0 aromatic heterocycles. The number of carboxylic acids is 1. The zero-order valence-corrected chi connectivity index (χ0v) is 36.3. The van der Waals surface area contributed by atoms with Crippen molar-refractivity contribution in [3.8, 4) is 11.5 Å². The van der Waals surface area contributed by atoms with Gasteiger partial charge in [0.15, 0.2) is 0 Å². The molecule has 298 valence electrons. The van der Waals surface area contributed by atoms with E-state index in [0.29, 0.717) is 5.75 Å². The van der Waals surface area contributed by atoms with Gasteiger partial charge in [-0.05, 0) is 144 Å². The molecule has 0 radical (unpaired) electrons. The maximum Gasteiger partial charge on any atom is 0.328 e. The summed E-state index contributed by atoms with van der Waals surface area (Å²) in [6.45, 7) is 28.6. The van der Waals surface area contributed by atoms with Crippen LogP contribution in [0.2, 0.25) is 0 Å². The molecule has 0 amide bonds. The molecule has 3 atom stereocenters. The lowest BCUT2D eigenvalue weighted by Crippen LogP contribution is -2.37. The molecule has 4 heteroatoms. The molecule has 0 saturated carbocycles. The summed E-state index contributed by atoms with van der Waals surface area (Å²) in [6.07, 6.45) is 29.1. The topological polar surface area (TPSA) is 66.8 Å². The van der Waals surface area contributed by atoms with Gasteiger partial charge in [0.2, 0.25) is 0 Å². The summed E-state index contributed by atoms with van der Waals surface area (Å²) in [7, 11) is 0. The van der Waals surface area contributed by atoms with E-state index < -0.39 is 5.97 Å². The Hall–Kier alpha value is -3.01. The fourth-order valence-electron chi connectivity index (χ4n) is 8.15. The largest absolute Gasteiger partial charge is 0.507 e. The summed E-state index contributed by atoms with van der Waals surface area (Å²) in [5.41, 5.74) is 9.32. The van der Waals surface area contributed by atoms with E-state index in [1.54, 1.807) is 13.0 Å². The van der Waals surface area contributed by atoms with E-state index in [0.717, 1.165) is 70.6 Å². The Labute approximate surface area is 326 Å². The van der Waals surface area contributed by atoms with Gasteiger partial charge >= 0.3 is 5.97 Å². The summed E-state index contributed by atoms with van der Waals surface area (Å²) >= 11 is 0. The van der Waals surface area contributed by atoms with Gasteiger partial charge < -0.3 is 14.9 Å². The van der Waals surface area contributed by atoms with E-state index in [2.05, 4.69) is 81.4 Å². The Morgan fingerprint density at radius 1 is 0.792 bits per heavy atom. The van der Waals surface area contributed by atoms with Gasteiger partial charge in [-0.2, -0.15) is 0 Å². The second kappa shape index (κ2) is 21.8. The number of phenolic OH excluding ortho intramolecular Hbond substituents is 1. The van der Waals surface area contributed by atoms with E-state index in [4.69, 9.17) is 9.84 Å². The van der Waals surface area contributed by atoms with E-state index in [9.17, 15) is 9.90 Å². The molecule has 0 fully saturated rings. The van der Waals surface area contributed by atoms with Crippen molar-refractivity contribution >= 4 is 5.97 Å². The number of benzene rings is 1. The first-order valence-corrected chi connectivity index (χ1v) is 20.9. The number of hydrogen-bond acceptors (Lipinski definition) is 3. The van der Waals surface area contributed by atoms with Gasteiger partial charge in [-0.15, -0.1) is 0 Å². The standard InChI is InChI=1S/C29H50O2.C20H28O2/c1-20(2)12-9-13-21(3)14-10-15-22(4)16-11-18-29(8)19-17-26-25(7)27(30)23(5)24(6)28(26)31-29;1-15(8-6-9-16(2)14-19(21)22)11-12-18-17(3)10-7-13-20(18,4)5/h20-22,30H,9-19H2,1-8H3;6,8-9,11-12,14H,7,10,13H2,1-5H3,(H,21,22)/b;9-6+,12-11+,15-8+,16-14+/t21-,22-,29-;/m1./s1. The van der Waals surface area contributed by atoms with E-state index >= 15 is 0 Å². The number of carbonyl (C=O) groups is 1. The van der Waals surface area contributed by atoms with Crippen LogP contribution in [-0.4, -0.2) is 21.8 Å². The molecule has 4 nitrogen and oxygen atoms in total.